The first kappa shape index (κ1) is 34.6. The van der Waals surface area contributed by atoms with Gasteiger partial charge in [-0.1, -0.05) is 36.7 Å². The van der Waals surface area contributed by atoms with E-state index >= 15 is 0 Å². The van der Waals surface area contributed by atoms with Crippen molar-refractivity contribution in [1.82, 2.24) is 9.78 Å². The van der Waals surface area contributed by atoms with Gasteiger partial charge in [-0.05, 0) is 110 Å². The zero-order valence-electron chi connectivity index (χ0n) is 29.6. The summed E-state index contributed by atoms with van der Waals surface area (Å²) in [6.07, 6.45) is 12.4. The van der Waals surface area contributed by atoms with Crippen LogP contribution in [0.3, 0.4) is 0 Å². The molecule has 3 aliphatic carbocycles. The molecule has 0 saturated heterocycles. The van der Waals surface area contributed by atoms with E-state index in [4.69, 9.17) is 21.1 Å². The normalized spacial score (nSPS) is 33.4. The van der Waals surface area contributed by atoms with Crippen molar-refractivity contribution in [3.8, 4) is 5.75 Å². The van der Waals surface area contributed by atoms with Crippen LogP contribution in [0.4, 0.5) is 5.69 Å². The fourth-order valence-electron chi connectivity index (χ4n) is 9.16. The fourth-order valence-corrected chi connectivity index (χ4v) is 11.6. The molecule has 3 heterocycles. The molecule has 3 aromatic rings. The molecule has 1 aromatic heterocycles. The molecule has 51 heavy (non-hydrogen) atoms. The number of methoxy groups -OCH3 is 1. The highest BCUT2D eigenvalue weighted by atomic mass is 35.5. The summed E-state index contributed by atoms with van der Waals surface area (Å²) in [5.41, 5.74) is 4.01. The number of amides is 1. The maximum absolute atomic E-state index is 14.6. The Labute approximate surface area is 305 Å². The van der Waals surface area contributed by atoms with E-state index in [0.717, 1.165) is 48.8 Å². The topological polar surface area (TPSA) is 103 Å². The highest BCUT2D eigenvalue weighted by Crippen LogP contribution is 2.61. The molecule has 2 aliphatic heterocycles. The van der Waals surface area contributed by atoms with Crippen molar-refractivity contribution in [2.75, 3.05) is 43.2 Å². The second kappa shape index (κ2) is 13.5. The Bertz CT molecular complexity index is 2020. The molecule has 2 saturated carbocycles. The van der Waals surface area contributed by atoms with E-state index in [1.54, 1.807) is 24.1 Å². The van der Waals surface area contributed by atoms with E-state index < -0.39 is 15.6 Å². The molecule has 0 N–H and O–H groups in total. The van der Waals surface area contributed by atoms with Gasteiger partial charge in [0.1, 0.15) is 5.75 Å². The number of aromatic nitrogens is 2. The van der Waals surface area contributed by atoms with Crippen LogP contribution in [0.25, 0.3) is 0 Å². The van der Waals surface area contributed by atoms with Gasteiger partial charge in [-0.25, -0.2) is 4.21 Å². The van der Waals surface area contributed by atoms with E-state index in [1.165, 1.54) is 23.7 Å². The first-order valence-electron chi connectivity index (χ1n) is 18.4. The van der Waals surface area contributed by atoms with Crippen LogP contribution in [-0.4, -0.2) is 70.1 Å². The van der Waals surface area contributed by atoms with Crippen molar-refractivity contribution in [3.05, 3.63) is 88.2 Å². The number of nitrogens with zero attached hydrogens (tertiary/aromatic N) is 4. The molecule has 11 heteroatoms. The Kier molecular flexibility index (Phi) is 9.16. The lowest BCUT2D eigenvalue weighted by Gasteiger charge is -2.46. The lowest BCUT2D eigenvalue weighted by Crippen LogP contribution is -2.49. The highest BCUT2D eigenvalue weighted by molar-refractivity contribution is 7.94. The van der Waals surface area contributed by atoms with E-state index in [9.17, 15) is 13.8 Å². The number of fused-ring (bicyclic) bond motifs is 6. The van der Waals surface area contributed by atoms with Crippen LogP contribution < -0.4 is 9.64 Å². The van der Waals surface area contributed by atoms with Crippen molar-refractivity contribution < 1.29 is 23.3 Å². The maximum Gasteiger partial charge on any atom is 0.285 e. The quantitative estimate of drug-likeness (QED) is 0.200. The summed E-state index contributed by atoms with van der Waals surface area (Å²) in [5, 5.41) is 4.99. The summed E-state index contributed by atoms with van der Waals surface area (Å²) in [4.78, 5) is 29.9. The van der Waals surface area contributed by atoms with Crippen LogP contribution in [-0.2, 0) is 26.4 Å². The van der Waals surface area contributed by atoms with Gasteiger partial charge in [0, 0.05) is 54.7 Å². The molecule has 8 rings (SSSR count). The van der Waals surface area contributed by atoms with Gasteiger partial charge in [0.25, 0.3) is 5.91 Å². The van der Waals surface area contributed by atoms with Crippen LogP contribution in [0, 0.1) is 23.7 Å². The number of hydrogen-bond acceptors (Lipinski definition) is 7. The van der Waals surface area contributed by atoms with Crippen molar-refractivity contribution in [2.24, 2.45) is 28.0 Å². The van der Waals surface area contributed by atoms with Crippen LogP contribution in [0.2, 0.25) is 5.02 Å². The molecule has 5 aliphatic rings. The number of halogens is 1. The first-order chi connectivity index (χ1) is 24.6. The number of aryl methyl sites for hydroxylation is 1. The predicted octanol–water partition coefficient (Wildman–Crippen LogP) is 7.33. The van der Waals surface area contributed by atoms with Gasteiger partial charge in [-0.2, -0.15) is 9.46 Å². The Balaban J connectivity index is 1.20. The molecule has 9 nitrogen and oxygen atoms in total. The van der Waals surface area contributed by atoms with Crippen LogP contribution in [0.5, 0.6) is 5.75 Å². The van der Waals surface area contributed by atoms with Gasteiger partial charge in [-0.3, -0.25) is 14.3 Å². The molecule has 2 aromatic carbocycles. The molecule has 0 unspecified atom stereocenters. The van der Waals surface area contributed by atoms with Crippen molar-refractivity contribution in [3.63, 3.8) is 0 Å². The Morgan fingerprint density at radius 2 is 2.04 bits per heavy atom. The van der Waals surface area contributed by atoms with Gasteiger partial charge in [-0.15, -0.1) is 0 Å². The molecule has 270 valence electrons. The van der Waals surface area contributed by atoms with Crippen molar-refractivity contribution in [2.45, 2.75) is 69.9 Å². The minimum absolute atomic E-state index is 0.0380. The summed E-state index contributed by atoms with van der Waals surface area (Å²) in [5.74, 6) is 1.45. The second-order valence-electron chi connectivity index (χ2n) is 15.6. The molecular weight excluding hydrogens is 684 g/mol. The average molecular weight is 731 g/mol. The Morgan fingerprint density at radius 3 is 2.80 bits per heavy atom. The number of hydrogen-bond donors (Lipinski definition) is 0. The number of benzene rings is 2. The number of carbonyl (C=O) groups is 2. The maximum atomic E-state index is 14.6. The molecule has 1 spiro atoms. The number of ketones is 1. The standard InChI is InChI=1S/C40H47ClN4O5S/c1-4-45-20-29(18-42-45)36(46)22-51(48)21-25(2)6-5-7-37(49-3)31-11-8-27(31)19-44-23-40(17-28-14-32(28)33-16-30(41)10-12-34(33)40)24-50-38-13-9-26(15-35(38)44)39(47)43-51/h5,7,9-10,12-13,15-16,18,20,25,27-28,31-32,37H,4,6,8,11,14,17,19,21-24H2,1-3H3/b7-5+/t25-,27-,28-,31+,32-,37-,40-,51+/m0/s1. The van der Waals surface area contributed by atoms with Crippen LogP contribution in [0.1, 0.15) is 83.7 Å². The van der Waals surface area contributed by atoms with E-state index in [-0.39, 0.29) is 34.7 Å². The number of rotatable bonds is 5. The Hall–Kier alpha value is -3.47. The SMILES string of the molecule is CCn1cc(C(=O)C[S@@]2(=O)=NC(=O)c3ccc4c(c3)N(C[C@@H]3CC[C@H]3[C@@H](OC)/C=C/C[C@H](C)C2)C[C@]2(CO4)C[C@@H]3C[C@@H]3c3cc(Cl)ccc32)cn1. The lowest BCUT2D eigenvalue weighted by atomic mass is 9.68. The van der Waals surface area contributed by atoms with E-state index in [1.807, 2.05) is 32.0 Å². The van der Waals surface area contributed by atoms with E-state index in [0.29, 0.717) is 54.4 Å². The summed E-state index contributed by atoms with van der Waals surface area (Å²) in [6, 6.07) is 11.8. The molecule has 2 bridgehead atoms. The zero-order valence-corrected chi connectivity index (χ0v) is 31.2. The second-order valence-corrected chi connectivity index (χ2v) is 18.4. The van der Waals surface area contributed by atoms with Gasteiger partial charge in [0.15, 0.2) is 5.78 Å². The number of allylic oxidation sites excluding steroid dienone is 1. The van der Waals surface area contributed by atoms with Gasteiger partial charge in [0.05, 0.1) is 45.6 Å². The minimum atomic E-state index is -3.27. The Morgan fingerprint density at radius 1 is 1.18 bits per heavy atom. The molecule has 8 atom stereocenters. The molecule has 2 fully saturated rings. The average Bonchev–Trinajstić information content (AvgIpc) is 3.74. The number of anilines is 1. The highest BCUT2D eigenvalue weighted by Gasteiger charge is 2.54. The van der Waals surface area contributed by atoms with Crippen molar-refractivity contribution >= 4 is 38.7 Å². The summed E-state index contributed by atoms with van der Waals surface area (Å²) in [7, 11) is -1.49. The zero-order chi connectivity index (χ0) is 35.5. The first-order valence-corrected chi connectivity index (χ1v) is 20.6. The summed E-state index contributed by atoms with van der Waals surface area (Å²) < 4.78 is 33.5. The van der Waals surface area contributed by atoms with Crippen LogP contribution in [0.15, 0.2) is 65.3 Å². The summed E-state index contributed by atoms with van der Waals surface area (Å²) >= 11 is 6.54. The minimum Gasteiger partial charge on any atom is -0.490 e. The number of carbonyl (C=O) groups excluding carboxylic acids is 2. The smallest absolute Gasteiger partial charge is 0.285 e. The van der Waals surface area contributed by atoms with E-state index in [2.05, 4.69) is 38.6 Å². The van der Waals surface area contributed by atoms with Gasteiger partial charge in [0.2, 0.25) is 0 Å². The van der Waals surface area contributed by atoms with Crippen LogP contribution >= 0.6 is 11.6 Å². The largest absolute Gasteiger partial charge is 0.490 e. The summed E-state index contributed by atoms with van der Waals surface area (Å²) in [6.45, 7) is 6.63. The third-order valence-corrected chi connectivity index (χ3v) is 14.6. The third-order valence-electron chi connectivity index (χ3n) is 12.0. The van der Waals surface area contributed by atoms with Crippen molar-refractivity contribution in [1.29, 1.82) is 0 Å². The monoisotopic (exact) mass is 730 g/mol. The lowest BCUT2D eigenvalue weighted by molar-refractivity contribution is 0.0131. The molecule has 0 radical (unpaired) electrons. The predicted molar refractivity (Wildman–Crippen MR) is 200 cm³/mol. The number of Topliss-reactive ketones (excluding diaryl/α,β-unsaturated/α-hetero) is 1. The molecule has 1 amide bonds. The van der Waals surface area contributed by atoms with Gasteiger partial charge >= 0.3 is 0 Å². The van der Waals surface area contributed by atoms with Gasteiger partial charge < -0.3 is 14.4 Å². The number of ether oxygens (including phenoxy) is 2. The molecular formula is C40H47ClN4O5S. The fraction of sp³-hybridized carbons (Fsp3) is 0.525. The third kappa shape index (κ3) is 6.68.